The molecule has 1 aliphatic rings. The van der Waals surface area contributed by atoms with Gasteiger partial charge < -0.3 is 43.8 Å². The van der Waals surface area contributed by atoms with Gasteiger partial charge in [-0.15, -0.1) is 0 Å². The highest BCUT2D eigenvalue weighted by Crippen LogP contribution is 2.39. The average Bonchev–Trinajstić information content (AvgIpc) is 3.14. The van der Waals surface area contributed by atoms with Crippen LogP contribution >= 0.6 is 0 Å². The first kappa shape index (κ1) is 34.8. The Kier molecular flexibility index (Phi) is 12.1. The highest BCUT2D eigenvalue weighted by atomic mass is 16.5. The number of fused-ring (bicyclic) bond motifs is 1. The van der Waals surface area contributed by atoms with Crippen LogP contribution in [0.1, 0.15) is 58.9 Å². The topological polar surface area (TPSA) is 106 Å². The second-order valence-corrected chi connectivity index (χ2v) is 11.3. The van der Waals surface area contributed by atoms with E-state index in [1.807, 2.05) is 78.9 Å². The lowest BCUT2D eigenvalue weighted by molar-refractivity contribution is 0.0935. The molecular formula is C39H44N2O8. The van der Waals surface area contributed by atoms with Crippen molar-refractivity contribution in [1.82, 2.24) is 5.32 Å². The first-order valence-corrected chi connectivity index (χ1v) is 16.2. The zero-order valence-corrected chi connectivity index (χ0v) is 28.7. The van der Waals surface area contributed by atoms with Gasteiger partial charge in [-0.05, 0) is 90.9 Å². The van der Waals surface area contributed by atoms with Crippen LogP contribution in [0, 0.1) is 0 Å². The highest BCUT2D eigenvalue weighted by Gasteiger charge is 2.25. The molecule has 1 amide bonds. The first-order valence-electron chi connectivity index (χ1n) is 16.2. The number of carbonyl (C=O) groups is 1. The summed E-state index contributed by atoms with van der Waals surface area (Å²) in [5.74, 6) is 4.30. The molecule has 49 heavy (non-hydrogen) atoms. The van der Waals surface area contributed by atoms with E-state index < -0.39 is 0 Å². The number of ether oxygens (including phenoxy) is 7. The highest BCUT2D eigenvalue weighted by molar-refractivity contribution is 6.01. The van der Waals surface area contributed by atoms with Gasteiger partial charge in [-0.2, -0.15) is 0 Å². The number of amides is 1. The van der Waals surface area contributed by atoms with E-state index in [9.17, 15) is 4.79 Å². The lowest BCUT2D eigenvalue weighted by Gasteiger charge is -2.28. The van der Waals surface area contributed by atoms with E-state index in [0.29, 0.717) is 59.0 Å². The molecule has 10 heteroatoms. The van der Waals surface area contributed by atoms with Crippen LogP contribution in [-0.4, -0.2) is 54.7 Å². The number of hydrogen-bond acceptors (Lipinski definition) is 9. The number of rotatable bonds is 17. The Morgan fingerprint density at radius 2 is 1.18 bits per heavy atom. The molecule has 0 aliphatic carbocycles. The Bertz CT molecular complexity index is 1730. The van der Waals surface area contributed by atoms with Crippen LogP contribution in [-0.2, 0) is 0 Å². The van der Waals surface area contributed by atoms with Crippen molar-refractivity contribution in [3.8, 4) is 40.2 Å². The van der Waals surface area contributed by atoms with Gasteiger partial charge in [-0.1, -0.05) is 36.4 Å². The molecule has 0 saturated carbocycles. The summed E-state index contributed by atoms with van der Waals surface area (Å²) in [4.78, 5) is 12.6. The number of hydrogen-bond donors (Lipinski definition) is 2. The molecule has 2 N–H and O–H groups in total. The predicted molar refractivity (Wildman–Crippen MR) is 191 cm³/mol. The fourth-order valence-corrected chi connectivity index (χ4v) is 5.58. The van der Waals surface area contributed by atoms with Crippen LogP contribution in [0.3, 0.4) is 0 Å². The molecule has 0 saturated heterocycles. The van der Waals surface area contributed by atoms with Crippen molar-refractivity contribution in [3.05, 3.63) is 95.1 Å². The van der Waals surface area contributed by atoms with E-state index in [0.717, 1.165) is 48.1 Å². The minimum Gasteiger partial charge on any atom is -0.493 e. The van der Waals surface area contributed by atoms with Gasteiger partial charge in [0.25, 0.3) is 5.91 Å². The minimum absolute atomic E-state index is 0.113. The molecule has 0 spiro atoms. The Morgan fingerprint density at radius 1 is 0.571 bits per heavy atom. The van der Waals surface area contributed by atoms with Gasteiger partial charge in [0.15, 0.2) is 34.5 Å². The molecule has 258 valence electrons. The smallest absolute Gasteiger partial charge is 0.255 e. The second-order valence-electron chi connectivity index (χ2n) is 11.3. The third kappa shape index (κ3) is 8.70. The monoisotopic (exact) mass is 668 g/mol. The fraction of sp³-hybridized carbons (Fsp3) is 0.308. The molecule has 1 atom stereocenters. The third-order valence-corrected chi connectivity index (χ3v) is 8.16. The van der Waals surface area contributed by atoms with Crippen LogP contribution in [0.25, 0.3) is 12.2 Å². The summed E-state index contributed by atoms with van der Waals surface area (Å²) in [6.07, 6.45) is 7.41. The standard InChI is InChI=1S/C39H44N2O8/c1-43-31-18-16-26(14-15-27-23-35(45-3)37(47-5)36(24-27)46-4)22-34(31)49-21-11-7-6-10-20-48-32-19-17-28(25-33(32)44-2)38-40-30-13-9-8-12-29(30)39(42)41-38/h8-9,12-19,22-25,38,40H,6-7,10-11,20-21H2,1-5H3,(H,41,42)/b15-14-. The molecule has 0 bridgehead atoms. The zero-order chi connectivity index (χ0) is 34.6. The van der Waals surface area contributed by atoms with Crippen molar-refractivity contribution in [2.75, 3.05) is 54.1 Å². The van der Waals surface area contributed by atoms with Crippen molar-refractivity contribution < 1.29 is 38.0 Å². The number of anilines is 1. The average molecular weight is 669 g/mol. The van der Waals surface area contributed by atoms with E-state index in [-0.39, 0.29) is 12.1 Å². The van der Waals surface area contributed by atoms with Crippen molar-refractivity contribution >= 4 is 23.7 Å². The molecule has 10 nitrogen and oxygen atoms in total. The van der Waals surface area contributed by atoms with Crippen molar-refractivity contribution in [1.29, 1.82) is 0 Å². The summed E-state index contributed by atoms with van der Waals surface area (Å²) in [6.45, 7) is 1.14. The molecule has 0 radical (unpaired) electrons. The lowest BCUT2D eigenvalue weighted by Crippen LogP contribution is -2.38. The normalized spacial score (nSPS) is 13.6. The summed E-state index contributed by atoms with van der Waals surface area (Å²) >= 11 is 0. The van der Waals surface area contributed by atoms with Crippen LogP contribution in [0.4, 0.5) is 5.69 Å². The number of unbranched alkanes of at least 4 members (excludes halogenated alkanes) is 3. The molecule has 0 fully saturated rings. The van der Waals surface area contributed by atoms with Crippen molar-refractivity contribution in [2.45, 2.75) is 31.8 Å². The van der Waals surface area contributed by atoms with Crippen LogP contribution in [0.5, 0.6) is 40.2 Å². The maximum Gasteiger partial charge on any atom is 0.255 e. The first-order chi connectivity index (χ1) is 24.0. The molecule has 1 heterocycles. The van der Waals surface area contributed by atoms with Crippen molar-refractivity contribution in [2.24, 2.45) is 0 Å². The Morgan fingerprint density at radius 3 is 1.86 bits per heavy atom. The van der Waals surface area contributed by atoms with E-state index in [4.69, 9.17) is 33.2 Å². The number of para-hydroxylation sites is 1. The summed E-state index contributed by atoms with van der Waals surface area (Å²) < 4.78 is 39.7. The summed E-state index contributed by atoms with van der Waals surface area (Å²) in [5.41, 5.74) is 4.18. The molecule has 4 aromatic carbocycles. The quantitative estimate of drug-likeness (QED) is 0.0862. The molecular weight excluding hydrogens is 624 g/mol. The van der Waals surface area contributed by atoms with Gasteiger partial charge >= 0.3 is 0 Å². The van der Waals surface area contributed by atoms with Gasteiger partial charge in [0.05, 0.1) is 54.3 Å². The Hall–Kier alpha value is -5.51. The van der Waals surface area contributed by atoms with Gasteiger partial charge in [-0.3, -0.25) is 4.79 Å². The number of benzene rings is 4. The summed E-state index contributed by atoms with van der Waals surface area (Å²) in [6, 6.07) is 22.8. The molecule has 0 aromatic heterocycles. The molecule has 1 aliphatic heterocycles. The van der Waals surface area contributed by atoms with Crippen LogP contribution < -0.4 is 43.8 Å². The number of carbonyl (C=O) groups excluding carboxylic acids is 1. The van der Waals surface area contributed by atoms with Crippen molar-refractivity contribution in [3.63, 3.8) is 0 Å². The lowest BCUT2D eigenvalue weighted by atomic mass is 10.1. The molecule has 1 unspecified atom stereocenters. The summed E-state index contributed by atoms with van der Waals surface area (Å²) in [7, 11) is 8.04. The van der Waals surface area contributed by atoms with Crippen LogP contribution in [0.15, 0.2) is 72.8 Å². The fourth-order valence-electron chi connectivity index (χ4n) is 5.58. The van der Waals surface area contributed by atoms with Gasteiger partial charge in [0, 0.05) is 5.69 Å². The summed E-state index contributed by atoms with van der Waals surface area (Å²) in [5, 5.41) is 6.37. The zero-order valence-electron chi connectivity index (χ0n) is 28.7. The minimum atomic E-state index is -0.361. The van der Waals surface area contributed by atoms with Gasteiger partial charge in [0.1, 0.15) is 6.17 Å². The largest absolute Gasteiger partial charge is 0.493 e. The van der Waals surface area contributed by atoms with E-state index in [2.05, 4.69) is 10.6 Å². The Labute approximate surface area is 287 Å². The maximum absolute atomic E-state index is 12.6. The Balaban J connectivity index is 1.07. The SMILES string of the molecule is COc1cc(C2NC(=O)c3ccccc3N2)ccc1OCCCCCCOc1cc(/C=C\c2cc(OC)c(OC)c(OC)c2)ccc1OC. The molecule has 4 aromatic rings. The number of nitrogens with one attached hydrogen (secondary N) is 2. The van der Waals surface area contributed by atoms with E-state index >= 15 is 0 Å². The second kappa shape index (κ2) is 17.1. The molecule has 5 rings (SSSR count). The van der Waals surface area contributed by atoms with Crippen LogP contribution in [0.2, 0.25) is 0 Å². The third-order valence-electron chi connectivity index (χ3n) is 8.16. The maximum atomic E-state index is 12.6. The van der Waals surface area contributed by atoms with E-state index in [1.165, 1.54) is 0 Å². The predicted octanol–water partition coefficient (Wildman–Crippen LogP) is 7.77. The van der Waals surface area contributed by atoms with Gasteiger partial charge in [-0.25, -0.2) is 0 Å². The van der Waals surface area contributed by atoms with E-state index in [1.54, 1.807) is 41.6 Å². The number of methoxy groups -OCH3 is 5. The van der Waals surface area contributed by atoms with Gasteiger partial charge in [0.2, 0.25) is 5.75 Å².